The first-order valence-electron chi connectivity index (χ1n) is 8.57. The minimum absolute atomic E-state index is 0. The summed E-state index contributed by atoms with van der Waals surface area (Å²) in [6.45, 7) is 6.01. The number of hydrogen-bond acceptors (Lipinski definition) is 6. The summed E-state index contributed by atoms with van der Waals surface area (Å²) in [5, 5.41) is 8.41. The van der Waals surface area contributed by atoms with E-state index < -0.39 is 0 Å². The lowest BCUT2D eigenvalue weighted by Gasteiger charge is -2.13. The molecule has 0 aliphatic carbocycles. The second-order valence-corrected chi connectivity index (χ2v) is 6.23. The van der Waals surface area contributed by atoms with Gasteiger partial charge in [-0.05, 0) is 43.7 Å². The molecule has 4 rings (SSSR count). The first-order valence-corrected chi connectivity index (χ1v) is 8.57. The molecular formula is C20H20ClN5O. The van der Waals surface area contributed by atoms with E-state index in [1.807, 2.05) is 38.1 Å². The lowest BCUT2D eigenvalue weighted by Crippen LogP contribution is -1.98. The molecule has 27 heavy (non-hydrogen) atoms. The first kappa shape index (κ1) is 18.8. The second kappa shape index (κ2) is 7.72. The minimum Gasteiger partial charge on any atom is -0.354 e. The number of pyridine rings is 2. The van der Waals surface area contributed by atoms with Crippen molar-refractivity contribution in [2.75, 3.05) is 5.32 Å². The van der Waals surface area contributed by atoms with E-state index in [2.05, 4.69) is 44.5 Å². The van der Waals surface area contributed by atoms with E-state index in [1.165, 1.54) is 5.56 Å². The highest BCUT2D eigenvalue weighted by molar-refractivity contribution is 5.98. The molecule has 3 heterocycles. The van der Waals surface area contributed by atoms with Crippen LogP contribution < -0.4 is 5.32 Å². The number of nitrogens with zero attached hydrogens (tertiary/aromatic N) is 4. The number of aryl methyl sites for hydroxylation is 3. The van der Waals surface area contributed by atoms with Crippen LogP contribution in [-0.2, 0) is 6.42 Å². The van der Waals surface area contributed by atoms with E-state index >= 15 is 0 Å². The van der Waals surface area contributed by atoms with Gasteiger partial charge in [-0.1, -0.05) is 24.2 Å². The Labute approximate surface area is 163 Å². The Kier molecular flexibility index (Phi) is 5.37. The fourth-order valence-corrected chi connectivity index (χ4v) is 2.84. The lowest BCUT2D eigenvalue weighted by atomic mass is 10.1. The van der Waals surface area contributed by atoms with Gasteiger partial charge in [-0.25, -0.2) is 9.97 Å². The zero-order chi connectivity index (χ0) is 18.1. The van der Waals surface area contributed by atoms with E-state index in [-0.39, 0.29) is 12.4 Å². The third-order valence-corrected chi connectivity index (χ3v) is 4.17. The molecule has 0 aliphatic rings. The van der Waals surface area contributed by atoms with Crippen LogP contribution in [0.3, 0.4) is 0 Å². The normalized spacial score (nSPS) is 10.6. The molecule has 0 atom stereocenters. The van der Waals surface area contributed by atoms with Gasteiger partial charge in [-0.15, -0.1) is 12.4 Å². The number of hydrogen-bond donors (Lipinski definition) is 1. The van der Waals surface area contributed by atoms with Gasteiger partial charge < -0.3 is 9.84 Å². The van der Waals surface area contributed by atoms with E-state index in [0.29, 0.717) is 23.8 Å². The fraction of sp³-hybridized carbons (Fsp3) is 0.200. The lowest BCUT2D eigenvalue weighted by molar-refractivity contribution is 0.423. The average Bonchev–Trinajstić information content (AvgIpc) is 3.11. The molecule has 3 aromatic heterocycles. The first-order chi connectivity index (χ1) is 12.6. The van der Waals surface area contributed by atoms with Gasteiger partial charge in [0.1, 0.15) is 0 Å². The average molecular weight is 382 g/mol. The molecule has 4 aromatic rings. The van der Waals surface area contributed by atoms with Gasteiger partial charge in [0, 0.05) is 29.4 Å². The minimum atomic E-state index is 0. The quantitative estimate of drug-likeness (QED) is 0.534. The van der Waals surface area contributed by atoms with Gasteiger partial charge in [-0.3, -0.25) is 0 Å². The highest BCUT2D eigenvalue weighted by atomic mass is 35.5. The van der Waals surface area contributed by atoms with Crippen LogP contribution in [0, 0.1) is 13.8 Å². The van der Waals surface area contributed by atoms with Gasteiger partial charge in [0.15, 0.2) is 11.5 Å². The summed E-state index contributed by atoms with van der Waals surface area (Å²) < 4.78 is 5.45. The van der Waals surface area contributed by atoms with Crippen LogP contribution in [-0.4, -0.2) is 20.1 Å². The van der Waals surface area contributed by atoms with E-state index in [1.54, 1.807) is 6.20 Å². The Morgan fingerprint density at radius 2 is 1.93 bits per heavy atom. The van der Waals surface area contributed by atoms with Crippen LogP contribution in [0.5, 0.6) is 0 Å². The summed E-state index contributed by atoms with van der Waals surface area (Å²) in [6.07, 6.45) is 2.45. The van der Waals surface area contributed by atoms with Crippen molar-refractivity contribution >= 4 is 34.8 Å². The van der Waals surface area contributed by atoms with Crippen LogP contribution in [0.1, 0.15) is 24.0 Å². The molecule has 0 saturated carbocycles. The molecule has 0 unspecified atom stereocenters. The van der Waals surface area contributed by atoms with Crippen molar-refractivity contribution in [3.05, 3.63) is 59.7 Å². The smallest absolute Gasteiger partial charge is 0.261 e. The van der Waals surface area contributed by atoms with Crippen molar-refractivity contribution in [3.8, 4) is 11.5 Å². The van der Waals surface area contributed by atoms with E-state index in [4.69, 9.17) is 4.52 Å². The van der Waals surface area contributed by atoms with Crippen molar-refractivity contribution in [1.29, 1.82) is 0 Å². The fourth-order valence-electron chi connectivity index (χ4n) is 2.84. The number of anilines is 2. The predicted molar refractivity (Wildman–Crippen MR) is 109 cm³/mol. The molecule has 0 amide bonds. The summed E-state index contributed by atoms with van der Waals surface area (Å²) in [5.74, 6) is 1.12. The predicted octanol–water partition coefficient (Wildman–Crippen LogP) is 5.02. The van der Waals surface area contributed by atoms with Gasteiger partial charge >= 0.3 is 0 Å². The van der Waals surface area contributed by atoms with Crippen molar-refractivity contribution in [1.82, 2.24) is 20.1 Å². The SMILES string of the molecule is CCc1noc(-c2cnc3nc(C)ccc3c2Nc2cccc(C)c2)n1.Cl. The number of aromatic nitrogens is 4. The summed E-state index contributed by atoms with van der Waals surface area (Å²) in [7, 11) is 0. The molecule has 7 heteroatoms. The maximum absolute atomic E-state index is 5.45. The third-order valence-electron chi connectivity index (χ3n) is 4.17. The molecule has 0 spiro atoms. The van der Waals surface area contributed by atoms with Crippen molar-refractivity contribution in [2.45, 2.75) is 27.2 Å². The summed E-state index contributed by atoms with van der Waals surface area (Å²) in [4.78, 5) is 13.5. The van der Waals surface area contributed by atoms with Gasteiger partial charge in [0.05, 0.1) is 11.3 Å². The summed E-state index contributed by atoms with van der Waals surface area (Å²) in [6, 6.07) is 12.2. The summed E-state index contributed by atoms with van der Waals surface area (Å²) >= 11 is 0. The van der Waals surface area contributed by atoms with Crippen LogP contribution in [0.15, 0.2) is 47.1 Å². The van der Waals surface area contributed by atoms with Gasteiger partial charge in [0.2, 0.25) is 0 Å². The maximum Gasteiger partial charge on any atom is 0.261 e. The van der Waals surface area contributed by atoms with Gasteiger partial charge in [0.25, 0.3) is 5.89 Å². The molecule has 138 valence electrons. The molecular weight excluding hydrogens is 362 g/mol. The third kappa shape index (κ3) is 3.75. The maximum atomic E-state index is 5.45. The number of rotatable bonds is 4. The van der Waals surface area contributed by atoms with Crippen LogP contribution in [0.2, 0.25) is 0 Å². The largest absolute Gasteiger partial charge is 0.354 e. The Morgan fingerprint density at radius 1 is 1.07 bits per heavy atom. The number of halogens is 1. The molecule has 0 radical (unpaired) electrons. The number of nitrogens with one attached hydrogen (secondary N) is 1. The van der Waals surface area contributed by atoms with Crippen molar-refractivity contribution in [3.63, 3.8) is 0 Å². The van der Waals surface area contributed by atoms with E-state index in [0.717, 1.165) is 28.0 Å². The Hall–Kier alpha value is -2.99. The van der Waals surface area contributed by atoms with Crippen molar-refractivity contribution < 1.29 is 4.52 Å². The summed E-state index contributed by atoms with van der Waals surface area (Å²) in [5.41, 5.74) is 5.38. The second-order valence-electron chi connectivity index (χ2n) is 6.23. The monoisotopic (exact) mass is 381 g/mol. The zero-order valence-electron chi connectivity index (χ0n) is 15.4. The molecule has 1 N–H and O–H groups in total. The highest BCUT2D eigenvalue weighted by Crippen LogP contribution is 2.34. The molecule has 0 saturated heterocycles. The molecule has 6 nitrogen and oxygen atoms in total. The Balaban J connectivity index is 0.00000210. The van der Waals surface area contributed by atoms with Crippen LogP contribution in [0.25, 0.3) is 22.5 Å². The molecule has 1 aromatic carbocycles. The van der Waals surface area contributed by atoms with Gasteiger partial charge in [-0.2, -0.15) is 4.98 Å². The van der Waals surface area contributed by atoms with Crippen LogP contribution >= 0.6 is 12.4 Å². The van der Waals surface area contributed by atoms with Crippen molar-refractivity contribution in [2.24, 2.45) is 0 Å². The number of fused-ring (bicyclic) bond motifs is 1. The zero-order valence-corrected chi connectivity index (χ0v) is 16.2. The van der Waals surface area contributed by atoms with Crippen LogP contribution in [0.4, 0.5) is 11.4 Å². The highest BCUT2D eigenvalue weighted by Gasteiger charge is 2.17. The standard InChI is InChI=1S/C20H19N5O.ClH/c1-4-17-24-20(26-25-17)16-11-21-19-15(9-8-13(3)22-19)18(16)23-14-7-5-6-12(2)10-14;/h5-11H,4H2,1-3H3,(H,21,22,23);1H. The topological polar surface area (TPSA) is 76.7 Å². The molecule has 0 fully saturated rings. The van der Waals surface area contributed by atoms with E-state index in [9.17, 15) is 0 Å². The Morgan fingerprint density at radius 3 is 2.67 bits per heavy atom. The molecule has 0 bridgehead atoms. The number of benzene rings is 1. The molecule has 0 aliphatic heterocycles. The Bertz CT molecular complexity index is 1090.